The molecule has 2 aliphatic heterocycles. The molecule has 4 atom stereocenters. The van der Waals surface area contributed by atoms with Gasteiger partial charge < -0.3 is 24.7 Å². The van der Waals surface area contributed by atoms with Gasteiger partial charge in [0, 0.05) is 30.9 Å². The lowest BCUT2D eigenvalue weighted by molar-refractivity contribution is 0.147. The monoisotopic (exact) mass is 514 g/mol. The number of nitrogens with one attached hydrogen (secondary N) is 2. The number of benzene rings is 1. The van der Waals surface area contributed by atoms with Crippen LogP contribution < -0.4 is 15.5 Å². The number of amides is 1. The van der Waals surface area contributed by atoms with E-state index in [1.165, 1.54) is 17.4 Å². The molecular weight excluding hydrogens is 494 g/mol. The van der Waals surface area contributed by atoms with Gasteiger partial charge in [-0.1, -0.05) is 11.2 Å². The van der Waals surface area contributed by atoms with E-state index < -0.39 is 29.4 Å². The molecule has 3 fully saturated rings. The number of hydrogen-bond donors (Lipinski definition) is 2. The fourth-order valence-electron chi connectivity index (χ4n) is 5.25. The maximum Gasteiger partial charge on any atom is 0.414 e. The molecule has 0 bridgehead atoms. The van der Waals surface area contributed by atoms with Gasteiger partial charge in [0.1, 0.15) is 29.7 Å². The summed E-state index contributed by atoms with van der Waals surface area (Å²) in [5.74, 6) is -0.704. The Morgan fingerprint density at radius 2 is 1.97 bits per heavy atom. The van der Waals surface area contributed by atoms with Crippen LogP contribution in [0.1, 0.15) is 5.69 Å². The molecule has 1 unspecified atom stereocenters. The molecule has 36 heavy (non-hydrogen) atoms. The third-order valence-corrected chi connectivity index (χ3v) is 7.04. The predicted octanol–water partition coefficient (Wildman–Crippen LogP) is 3.84. The summed E-state index contributed by atoms with van der Waals surface area (Å²) in [7, 11) is 0. The van der Waals surface area contributed by atoms with Gasteiger partial charge in [-0.2, -0.15) is 0 Å². The number of anilines is 2. The summed E-state index contributed by atoms with van der Waals surface area (Å²) in [4.78, 5) is 21.8. The Hall–Kier alpha value is -3.75. The van der Waals surface area contributed by atoms with Gasteiger partial charge in [-0.15, -0.1) is 12.4 Å². The van der Waals surface area contributed by atoms with Crippen LogP contribution in [0.15, 0.2) is 47.3 Å². The Labute approximate surface area is 211 Å². The normalized spacial score (nSPS) is 26.1. The number of nitrogens with zero attached hydrogens (tertiary/aromatic N) is 4. The van der Waals surface area contributed by atoms with E-state index in [9.17, 15) is 4.79 Å². The van der Waals surface area contributed by atoms with Gasteiger partial charge in [-0.3, -0.25) is 9.88 Å². The van der Waals surface area contributed by atoms with E-state index in [-0.39, 0.29) is 54.1 Å². The van der Waals surface area contributed by atoms with Crippen molar-refractivity contribution in [3.63, 3.8) is 0 Å². The van der Waals surface area contributed by atoms with Crippen LogP contribution in [0.4, 0.5) is 25.1 Å². The second kappa shape index (κ2) is 9.04. The van der Waals surface area contributed by atoms with Crippen LogP contribution in [0.2, 0.25) is 0 Å². The summed E-state index contributed by atoms with van der Waals surface area (Å²) >= 11 is 0. The molecule has 6 rings (SSSR count). The van der Waals surface area contributed by atoms with E-state index in [1.54, 1.807) is 18.2 Å². The van der Waals surface area contributed by atoms with Crippen LogP contribution in [0.25, 0.3) is 16.0 Å². The van der Waals surface area contributed by atoms with E-state index in [0.29, 0.717) is 11.5 Å². The number of carbonyl (C=O) groups excluding carboxylic acids is 1. The van der Waals surface area contributed by atoms with Crippen molar-refractivity contribution < 1.29 is 22.8 Å². The molecule has 2 saturated heterocycles. The zero-order chi connectivity index (χ0) is 24.2. The van der Waals surface area contributed by atoms with Crippen molar-refractivity contribution in [2.24, 2.45) is 11.8 Å². The molecule has 186 valence electrons. The average molecular weight is 515 g/mol. The first-order valence-corrected chi connectivity index (χ1v) is 11.2. The molecule has 1 aromatic carbocycles. The number of piperidine rings is 1. The summed E-state index contributed by atoms with van der Waals surface area (Å²) in [6, 6.07) is 7.11. The molecule has 2 N–H and O–H groups in total. The first-order valence-electron chi connectivity index (χ1n) is 11.2. The minimum Gasteiger partial charge on any atom is -0.442 e. The van der Waals surface area contributed by atoms with E-state index in [0.717, 1.165) is 25.2 Å². The molecule has 4 heterocycles. The number of pyridine rings is 1. The van der Waals surface area contributed by atoms with Crippen LogP contribution >= 0.6 is 12.4 Å². The van der Waals surface area contributed by atoms with Crippen molar-refractivity contribution in [3.05, 3.63) is 71.5 Å². The predicted molar refractivity (Wildman–Crippen MR) is 128 cm³/mol. The van der Waals surface area contributed by atoms with Crippen LogP contribution in [0.5, 0.6) is 0 Å². The van der Waals surface area contributed by atoms with E-state index >= 15 is 8.78 Å². The van der Waals surface area contributed by atoms with E-state index in [1.807, 2.05) is 0 Å². The SMILES string of the molecule is Cl.[C-]#[N+]C1(c2ccc(-c3c(F)cc(N4C[C@H](CNc5ccon5)OC4=O)cc3F)cn2)[C@@H]2CNC[C@@H]21. The van der Waals surface area contributed by atoms with Crippen molar-refractivity contribution in [2.75, 3.05) is 36.4 Å². The lowest BCUT2D eigenvalue weighted by Crippen LogP contribution is -2.27. The van der Waals surface area contributed by atoms with Gasteiger partial charge >= 0.3 is 6.09 Å². The van der Waals surface area contributed by atoms with Crippen molar-refractivity contribution in [1.82, 2.24) is 15.5 Å². The van der Waals surface area contributed by atoms with Crippen molar-refractivity contribution >= 4 is 30.0 Å². The molecular formula is C24H21ClF2N6O3. The summed E-state index contributed by atoms with van der Waals surface area (Å²) in [5, 5.41) is 9.94. The summed E-state index contributed by atoms with van der Waals surface area (Å²) in [6.07, 6.45) is 1.58. The molecule has 9 nitrogen and oxygen atoms in total. The largest absolute Gasteiger partial charge is 0.442 e. The van der Waals surface area contributed by atoms with E-state index in [4.69, 9.17) is 15.8 Å². The number of cyclic esters (lactones) is 1. The summed E-state index contributed by atoms with van der Waals surface area (Å²) in [6.45, 7) is 9.60. The van der Waals surface area contributed by atoms with Gasteiger partial charge in [-0.05, 0) is 18.2 Å². The molecule has 3 aromatic rings. The number of aromatic nitrogens is 2. The maximum absolute atomic E-state index is 15.1. The highest BCUT2D eigenvalue weighted by Crippen LogP contribution is 2.62. The van der Waals surface area contributed by atoms with Gasteiger partial charge in [0.15, 0.2) is 5.82 Å². The fraction of sp³-hybridized carbons (Fsp3) is 0.333. The summed E-state index contributed by atoms with van der Waals surface area (Å²) in [5.41, 5.74) is 0.0832. The topological polar surface area (TPSA) is 96.9 Å². The van der Waals surface area contributed by atoms with Gasteiger partial charge in [-0.25, -0.2) is 20.1 Å². The molecule has 2 aromatic heterocycles. The number of fused-ring (bicyclic) bond motifs is 1. The lowest BCUT2D eigenvalue weighted by atomic mass is 10.0. The van der Waals surface area contributed by atoms with Crippen LogP contribution in [-0.4, -0.2) is 48.5 Å². The Bertz CT molecular complexity index is 1300. The Morgan fingerprint density at radius 1 is 1.22 bits per heavy atom. The fourth-order valence-corrected chi connectivity index (χ4v) is 5.25. The average Bonchev–Trinajstić information content (AvgIpc) is 3.38. The third kappa shape index (κ3) is 3.73. The first kappa shape index (κ1) is 24.0. The molecule has 1 aliphatic carbocycles. The second-order valence-corrected chi connectivity index (χ2v) is 8.91. The Balaban J connectivity index is 0.00000267. The first-order chi connectivity index (χ1) is 17.0. The molecule has 3 aliphatic rings. The summed E-state index contributed by atoms with van der Waals surface area (Å²) < 4.78 is 40.2. The van der Waals surface area contributed by atoms with Crippen LogP contribution in [0.3, 0.4) is 0 Å². The maximum atomic E-state index is 15.1. The van der Waals surface area contributed by atoms with Gasteiger partial charge in [0.25, 0.3) is 5.54 Å². The highest BCUT2D eigenvalue weighted by atomic mass is 35.5. The standard InChI is InChI=1S/C24H20F2N6O3.ClH/c1-27-24(16-10-28-11-17(16)24)20-3-2-13(8-29-20)22-18(25)6-14(7-19(22)26)32-12-15(35-23(32)33)9-30-21-4-5-34-31-21;/h2-8,15-17,28H,9-12H2,(H,30,31);1H/t15-,16-,17+,24?;/m0./s1. The van der Waals surface area contributed by atoms with Gasteiger partial charge in [0.05, 0.1) is 36.2 Å². The van der Waals surface area contributed by atoms with E-state index in [2.05, 4.69) is 25.6 Å². The number of halogens is 3. The minimum absolute atomic E-state index is 0. The molecule has 12 heteroatoms. The second-order valence-electron chi connectivity index (χ2n) is 8.91. The minimum atomic E-state index is -0.820. The zero-order valence-electron chi connectivity index (χ0n) is 18.8. The molecule has 0 radical (unpaired) electrons. The smallest absolute Gasteiger partial charge is 0.414 e. The lowest BCUT2D eigenvalue weighted by Gasteiger charge is -2.16. The van der Waals surface area contributed by atoms with Crippen molar-refractivity contribution in [1.29, 1.82) is 0 Å². The van der Waals surface area contributed by atoms with Crippen molar-refractivity contribution in [3.8, 4) is 11.1 Å². The van der Waals surface area contributed by atoms with Crippen LogP contribution in [0, 0.1) is 30.0 Å². The van der Waals surface area contributed by atoms with Crippen LogP contribution in [-0.2, 0) is 10.3 Å². The number of carbonyl (C=O) groups is 1. The molecule has 1 amide bonds. The third-order valence-electron chi connectivity index (χ3n) is 7.04. The zero-order valence-corrected chi connectivity index (χ0v) is 19.6. The highest BCUT2D eigenvalue weighted by Gasteiger charge is 2.76. The quantitative estimate of drug-likeness (QED) is 0.482. The van der Waals surface area contributed by atoms with Gasteiger partial charge in [0.2, 0.25) is 0 Å². The highest BCUT2D eigenvalue weighted by molar-refractivity contribution is 5.90. The number of ether oxygens (including phenoxy) is 1. The van der Waals surface area contributed by atoms with Crippen molar-refractivity contribution in [2.45, 2.75) is 11.6 Å². The molecule has 0 spiro atoms. The number of hydrogen-bond acceptors (Lipinski definition) is 7. The Kier molecular flexibility index (Phi) is 6.02. The Morgan fingerprint density at radius 3 is 2.58 bits per heavy atom. The molecule has 1 saturated carbocycles. The number of rotatable bonds is 6.